The van der Waals surface area contributed by atoms with E-state index in [4.69, 9.17) is 9.47 Å². The molecule has 33 heavy (non-hydrogen) atoms. The number of carbonyl (C=O) groups excluding carboxylic acids is 2. The molecule has 168 valence electrons. The van der Waals surface area contributed by atoms with Crippen LogP contribution in [0.5, 0.6) is 11.5 Å². The lowest BCUT2D eigenvalue weighted by Crippen LogP contribution is -2.19. The van der Waals surface area contributed by atoms with E-state index in [1.165, 1.54) is 12.1 Å². The fraction of sp³-hybridized carbons (Fsp3) is 0.150. The lowest BCUT2D eigenvalue weighted by Gasteiger charge is -2.01. The Morgan fingerprint density at radius 3 is 2.79 bits per heavy atom. The number of nitrogens with one attached hydrogen (secondary N) is 2. The van der Waals surface area contributed by atoms with Gasteiger partial charge in [0.1, 0.15) is 5.01 Å². The van der Waals surface area contributed by atoms with Crippen molar-refractivity contribution in [2.24, 2.45) is 5.10 Å². The van der Waals surface area contributed by atoms with Crippen molar-refractivity contribution in [2.45, 2.75) is 13.3 Å². The van der Waals surface area contributed by atoms with Crippen LogP contribution in [0.15, 0.2) is 41.5 Å². The Bertz CT molecular complexity index is 1270. The molecule has 1 aromatic heterocycles. The number of carbonyl (C=O) groups is 2. The summed E-state index contributed by atoms with van der Waals surface area (Å²) in [5.74, 6) is -0.227. The topological polar surface area (TPSA) is 158 Å². The lowest BCUT2D eigenvalue weighted by atomic mass is 10.1. The molecule has 0 bridgehead atoms. The molecule has 0 aliphatic carbocycles. The molecule has 2 heterocycles. The highest BCUT2D eigenvalue weighted by molar-refractivity contribution is 7.15. The first-order valence-electron chi connectivity index (χ1n) is 9.49. The molecular formula is C20H16N6O6S. The normalized spacial score (nSPS) is 12.0. The molecule has 2 aromatic carbocycles. The highest BCUT2D eigenvalue weighted by Gasteiger charge is 2.22. The van der Waals surface area contributed by atoms with Gasteiger partial charge in [0.05, 0.1) is 29.2 Å². The quantitative estimate of drug-likeness (QED) is 0.304. The predicted molar refractivity (Wildman–Crippen MR) is 118 cm³/mol. The number of aromatic nitrogens is 2. The summed E-state index contributed by atoms with van der Waals surface area (Å²) in [5, 5.41) is 26.0. The Kier molecular flexibility index (Phi) is 6.22. The molecule has 1 aliphatic rings. The highest BCUT2D eigenvalue weighted by atomic mass is 32.1. The van der Waals surface area contributed by atoms with E-state index in [9.17, 15) is 19.7 Å². The molecule has 12 nitrogen and oxygen atoms in total. The van der Waals surface area contributed by atoms with E-state index in [2.05, 4.69) is 26.0 Å². The highest BCUT2D eigenvalue weighted by Crippen LogP contribution is 2.37. The van der Waals surface area contributed by atoms with E-state index in [1.807, 2.05) is 13.0 Å². The van der Waals surface area contributed by atoms with E-state index in [1.54, 1.807) is 18.2 Å². The number of fused-ring (bicyclic) bond motifs is 1. The molecule has 2 N–H and O–H groups in total. The molecular weight excluding hydrogens is 452 g/mol. The fourth-order valence-corrected chi connectivity index (χ4v) is 3.62. The third kappa shape index (κ3) is 5.27. The maximum Gasteiger partial charge on any atom is 0.282 e. The van der Waals surface area contributed by atoms with Crippen molar-refractivity contribution in [1.29, 1.82) is 0 Å². The summed E-state index contributed by atoms with van der Waals surface area (Å²) in [6, 6.07) is 9.72. The van der Waals surface area contributed by atoms with Gasteiger partial charge in [0.15, 0.2) is 11.5 Å². The van der Waals surface area contributed by atoms with Crippen LogP contribution in [0.3, 0.4) is 0 Å². The third-order valence-corrected chi connectivity index (χ3v) is 5.23. The third-order valence-electron chi connectivity index (χ3n) is 4.39. The Balaban J connectivity index is 1.35. The van der Waals surface area contributed by atoms with Crippen LogP contribution < -0.4 is 20.2 Å². The number of nitrogens with zero attached hydrogens (tertiary/aromatic N) is 4. The zero-order valence-corrected chi connectivity index (χ0v) is 17.9. The minimum Gasteiger partial charge on any atom is -0.454 e. The molecule has 0 radical (unpaired) electrons. The zero-order valence-electron chi connectivity index (χ0n) is 17.1. The average Bonchev–Trinajstić information content (AvgIpc) is 3.41. The van der Waals surface area contributed by atoms with Crippen LogP contribution in [0.1, 0.15) is 26.5 Å². The fourth-order valence-electron chi connectivity index (χ4n) is 2.89. The second-order valence-electron chi connectivity index (χ2n) is 6.82. The van der Waals surface area contributed by atoms with Crippen LogP contribution in [0.2, 0.25) is 0 Å². The summed E-state index contributed by atoms with van der Waals surface area (Å²) < 4.78 is 10.3. The van der Waals surface area contributed by atoms with Crippen LogP contribution in [0, 0.1) is 17.0 Å². The summed E-state index contributed by atoms with van der Waals surface area (Å²) >= 11 is 1.05. The number of aryl methyl sites for hydroxylation is 1. The number of hydrazone groups is 1. The largest absolute Gasteiger partial charge is 0.454 e. The summed E-state index contributed by atoms with van der Waals surface area (Å²) in [7, 11) is 0. The van der Waals surface area contributed by atoms with Crippen LogP contribution in [0.4, 0.5) is 10.8 Å². The molecule has 1 aliphatic heterocycles. The minimum absolute atomic E-state index is 0.0287. The summed E-state index contributed by atoms with van der Waals surface area (Å²) in [5.41, 5.74) is 3.61. The maximum absolute atomic E-state index is 12.3. The molecule has 2 amide bonds. The molecule has 13 heteroatoms. The number of anilines is 1. The molecule has 3 aromatic rings. The lowest BCUT2D eigenvalue weighted by molar-refractivity contribution is -0.385. The van der Waals surface area contributed by atoms with Crippen molar-refractivity contribution in [3.05, 3.63) is 68.2 Å². The summed E-state index contributed by atoms with van der Waals surface area (Å²) in [6.07, 6.45) is 1.00. The minimum atomic E-state index is -0.584. The van der Waals surface area contributed by atoms with E-state index < -0.39 is 10.8 Å². The molecule has 0 spiro atoms. The Morgan fingerprint density at radius 2 is 2.03 bits per heavy atom. The number of rotatable bonds is 7. The standard InChI is InChI=1S/C20H16N6O6S/c1-11-3-2-4-12(5-11)19(28)22-20-25-24-18(33-20)8-17(27)23-21-9-13-6-15-16(32-10-31-15)7-14(13)26(29)30/h2-7,9H,8,10H2,1H3,(H,23,27)(H,22,25,28)/b21-9-. The Labute approximate surface area is 190 Å². The molecule has 0 atom stereocenters. The molecule has 0 fully saturated rings. The predicted octanol–water partition coefficient (Wildman–Crippen LogP) is 2.43. The second-order valence-corrected chi connectivity index (χ2v) is 7.88. The zero-order chi connectivity index (χ0) is 23.4. The molecule has 4 rings (SSSR count). The number of nitro groups is 1. The number of hydrogen-bond acceptors (Lipinski definition) is 10. The van der Waals surface area contributed by atoms with Gasteiger partial charge in [-0.1, -0.05) is 29.0 Å². The van der Waals surface area contributed by atoms with E-state index in [0.29, 0.717) is 16.3 Å². The number of ether oxygens (including phenoxy) is 2. The number of hydrogen-bond donors (Lipinski definition) is 2. The first kappa shape index (κ1) is 21.8. The van der Waals surface area contributed by atoms with Gasteiger partial charge in [-0.3, -0.25) is 25.0 Å². The van der Waals surface area contributed by atoms with Crippen molar-refractivity contribution in [1.82, 2.24) is 15.6 Å². The smallest absolute Gasteiger partial charge is 0.282 e. The first-order chi connectivity index (χ1) is 15.9. The SMILES string of the molecule is Cc1cccc(C(=O)Nc2nnc(CC(=O)N/N=C\c3cc4c(cc3[N+](=O)[O-])OCO4)s2)c1. The van der Waals surface area contributed by atoms with Gasteiger partial charge >= 0.3 is 0 Å². The summed E-state index contributed by atoms with van der Waals surface area (Å²) in [6.45, 7) is 1.85. The van der Waals surface area contributed by atoms with Gasteiger partial charge in [0, 0.05) is 5.56 Å². The van der Waals surface area contributed by atoms with Crippen LogP contribution in [0.25, 0.3) is 0 Å². The van der Waals surface area contributed by atoms with Gasteiger partial charge in [-0.25, -0.2) is 5.43 Å². The maximum atomic E-state index is 12.3. The van der Waals surface area contributed by atoms with Gasteiger partial charge in [-0.15, -0.1) is 10.2 Å². The molecule has 0 saturated heterocycles. The van der Waals surface area contributed by atoms with Gasteiger partial charge in [-0.05, 0) is 25.1 Å². The van der Waals surface area contributed by atoms with Gasteiger partial charge in [0.2, 0.25) is 17.8 Å². The Morgan fingerprint density at radius 1 is 1.24 bits per heavy atom. The van der Waals surface area contributed by atoms with Crippen LogP contribution in [-0.4, -0.2) is 39.9 Å². The average molecular weight is 468 g/mol. The van der Waals surface area contributed by atoms with Gasteiger partial charge < -0.3 is 9.47 Å². The van der Waals surface area contributed by atoms with Crippen molar-refractivity contribution < 1.29 is 24.0 Å². The van der Waals surface area contributed by atoms with Gasteiger partial charge in [-0.2, -0.15) is 5.10 Å². The number of benzene rings is 2. The van der Waals surface area contributed by atoms with Crippen LogP contribution >= 0.6 is 11.3 Å². The molecule has 0 saturated carbocycles. The van der Waals surface area contributed by atoms with Crippen molar-refractivity contribution >= 4 is 40.2 Å². The monoisotopic (exact) mass is 468 g/mol. The van der Waals surface area contributed by atoms with E-state index >= 15 is 0 Å². The van der Waals surface area contributed by atoms with Gasteiger partial charge in [0.25, 0.3) is 11.6 Å². The number of amides is 2. The van der Waals surface area contributed by atoms with E-state index in [-0.39, 0.29) is 41.3 Å². The van der Waals surface area contributed by atoms with Crippen LogP contribution in [-0.2, 0) is 11.2 Å². The summed E-state index contributed by atoms with van der Waals surface area (Å²) in [4.78, 5) is 35.1. The number of nitro benzene ring substituents is 1. The van der Waals surface area contributed by atoms with E-state index in [0.717, 1.165) is 23.1 Å². The first-order valence-corrected chi connectivity index (χ1v) is 10.3. The molecule has 0 unspecified atom stereocenters. The van der Waals surface area contributed by atoms with Crippen molar-refractivity contribution in [3.63, 3.8) is 0 Å². The van der Waals surface area contributed by atoms with Crippen molar-refractivity contribution in [3.8, 4) is 11.5 Å². The Hall–Kier alpha value is -4.39. The van der Waals surface area contributed by atoms with Crippen molar-refractivity contribution in [2.75, 3.05) is 12.1 Å². The second kappa shape index (κ2) is 9.40.